The van der Waals surface area contributed by atoms with Gasteiger partial charge in [0.2, 0.25) is 5.91 Å². The van der Waals surface area contributed by atoms with Crippen LogP contribution in [0.25, 0.3) is 11.0 Å². The van der Waals surface area contributed by atoms with E-state index in [1.54, 1.807) is 0 Å². The zero-order chi connectivity index (χ0) is 22.7. The standard InChI is InChI=1S/C28H31N3O/c1-20(2)31(21(3)4)26(32)19-30-25-18-12-11-17-24(25)29-28(30)27(22-13-7-5-8-14-22)23-15-9-6-10-16-23/h5-18,20-21,27H,19H2,1-4H3. The first kappa shape index (κ1) is 21.8. The minimum absolute atomic E-state index is 0.0656. The number of aromatic nitrogens is 2. The quantitative estimate of drug-likeness (QED) is 0.372. The highest BCUT2D eigenvalue weighted by atomic mass is 16.2. The number of nitrogens with zero attached hydrogens (tertiary/aromatic N) is 3. The summed E-state index contributed by atoms with van der Waals surface area (Å²) < 4.78 is 2.11. The van der Waals surface area contributed by atoms with Crippen molar-refractivity contribution in [2.24, 2.45) is 0 Å². The summed E-state index contributed by atoms with van der Waals surface area (Å²) in [6.45, 7) is 8.55. The topological polar surface area (TPSA) is 38.1 Å². The lowest BCUT2D eigenvalue weighted by Gasteiger charge is -2.31. The Morgan fingerprint density at radius 2 is 1.28 bits per heavy atom. The van der Waals surface area contributed by atoms with Crippen molar-refractivity contribution in [2.75, 3.05) is 0 Å². The van der Waals surface area contributed by atoms with Crippen molar-refractivity contribution in [3.8, 4) is 0 Å². The number of hydrogen-bond donors (Lipinski definition) is 0. The van der Waals surface area contributed by atoms with Gasteiger partial charge in [-0.2, -0.15) is 0 Å². The largest absolute Gasteiger partial charge is 0.336 e. The van der Waals surface area contributed by atoms with Gasteiger partial charge >= 0.3 is 0 Å². The van der Waals surface area contributed by atoms with E-state index in [-0.39, 0.29) is 30.5 Å². The lowest BCUT2D eigenvalue weighted by molar-refractivity contribution is -0.135. The molecule has 164 valence electrons. The molecule has 1 amide bonds. The van der Waals surface area contributed by atoms with Crippen molar-refractivity contribution >= 4 is 16.9 Å². The molecule has 1 heterocycles. The van der Waals surface area contributed by atoms with Crippen molar-refractivity contribution in [2.45, 2.75) is 52.2 Å². The molecule has 0 N–H and O–H groups in total. The van der Waals surface area contributed by atoms with Crippen LogP contribution in [0.2, 0.25) is 0 Å². The average molecular weight is 426 g/mol. The molecule has 4 aromatic rings. The molecule has 4 heteroatoms. The Morgan fingerprint density at radius 3 is 1.81 bits per heavy atom. The third kappa shape index (κ3) is 4.31. The fraction of sp³-hybridized carbons (Fsp3) is 0.286. The first-order chi connectivity index (χ1) is 15.5. The molecule has 0 atom stereocenters. The van der Waals surface area contributed by atoms with Gasteiger partial charge in [0.15, 0.2) is 0 Å². The highest BCUT2D eigenvalue weighted by molar-refractivity contribution is 5.82. The van der Waals surface area contributed by atoms with Crippen LogP contribution in [-0.2, 0) is 11.3 Å². The van der Waals surface area contributed by atoms with Crippen molar-refractivity contribution in [1.82, 2.24) is 14.5 Å². The molecule has 3 aromatic carbocycles. The van der Waals surface area contributed by atoms with Crippen LogP contribution in [-0.4, -0.2) is 32.4 Å². The number of benzene rings is 3. The van der Waals surface area contributed by atoms with E-state index >= 15 is 0 Å². The molecule has 1 aromatic heterocycles. The van der Waals surface area contributed by atoms with Gasteiger partial charge in [0.05, 0.1) is 17.0 Å². The molecule has 0 fully saturated rings. The number of amides is 1. The van der Waals surface area contributed by atoms with E-state index in [1.807, 2.05) is 35.2 Å². The first-order valence-electron chi connectivity index (χ1n) is 11.3. The Bertz CT molecular complexity index is 1130. The van der Waals surface area contributed by atoms with E-state index in [0.717, 1.165) is 28.0 Å². The SMILES string of the molecule is CC(C)N(C(=O)Cn1c(C(c2ccccc2)c2ccccc2)nc2ccccc21)C(C)C. The Kier molecular flexibility index (Phi) is 6.40. The predicted molar refractivity (Wildman–Crippen MR) is 131 cm³/mol. The molecule has 4 rings (SSSR count). The number of carbonyl (C=O) groups is 1. The van der Waals surface area contributed by atoms with Gasteiger partial charge in [0, 0.05) is 12.1 Å². The van der Waals surface area contributed by atoms with Crippen molar-refractivity contribution in [1.29, 1.82) is 0 Å². The average Bonchev–Trinajstić information content (AvgIpc) is 3.13. The second-order valence-corrected chi connectivity index (χ2v) is 8.79. The molecule has 0 saturated carbocycles. The van der Waals surface area contributed by atoms with Crippen LogP contribution in [0.1, 0.15) is 50.6 Å². The van der Waals surface area contributed by atoms with E-state index in [4.69, 9.17) is 4.98 Å². The molecule has 4 nitrogen and oxygen atoms in total. The lowest BCUT2D eigenvalue weighted by Crippen LogP contribution is -2.44. The highest BCUT2D eigenvalue weighted by Crippen LogP contribution is 2.33. The summed E-state index contributed by atoms with van der Waals surface area (Å²) >= 11 is 0. The van der Waals surface area contributed by atoms with Crippen LogP contribution >= 0.6 is 0 Å². The van der Waals surface area contributed by atoms with E-state index in [9.17, 15) is 4.79 Å². The molecule has 0 aliphatic carbocycles. The fourth-order valence-electron chi connectivity index (χ4n) is 4.65. The number of fused-ring (bicyclic) bond motifs is 1. The predicted octanol–water partition coefficient (Wildman–Crippen LogP) is 5.86. The lowest BCUT2D eigenvalue weighted by atomic mass is 9.90. The Balaban J connectivity index is 1.89. The van der Waals surface area contributed by atoms with Crippen LogP contribution < -0.4 is 0 Å². The van der Waals surface area contributed by atoms with Gasteiger partial charge in [-0.25, -0.2) is 4.98 Å². The molecule has 0 saturated heterocycles. The zero-order valence-electron chi connectivity index (χ0n) is 19.3. The van der Waals surface area contributed by atoms with E-state index in [2.05, 4.69) is 86.9 Å². The van der Waals surface area contributed by atoms with Gasteiger partial charge < -0.3 is 9.47 Å². The van der Waals surface area contributed by atoms with Crippen molar-refractivity contribution in [3.63, 3.8) is 0 Å². The molecule has 0 aliphatic heterocycles. The maximum atomic E-state index is 13.5. The number of carbonyl (C=O) groups excluding carboxylic acids is 1. The van der Waals surface area contributed by atoms with E-state index in [1.165, 1.54) is 0 Å². The molecule has 0 bridgehead atoms. The number of para-hydroxylation sites is 2. The molecule has 0 radical (unpaired) electrons. The maximum absolute atomic E-state index is 13.5. The molecule has 0 spiro atoms. The maximum Gasteiger partial charge on any atom is 0.243 e. The molecular weight excluding hydrogens is 394 g/mol. The summed E-state index contributed by atoms with van der Waals surface area (Å²) in [7, 11) is 0. The molecule has 0 unspecified atom stereocenters. The number of rotatable bonds is 7. The van der Waals surface area contributed by atoms with Gasteiger partial charge in [-0.1, -0.05) is 72.8 Å². The van der Waals surface area contributed by atoms with E-state index < -0.39 is 0 Å². The Labute approximate surface area is 190 Å². The number of hydrogen-bond acceptors (Lipinski definition) is 2. The van der Waals surface area contributed by atoms with Crippen LogP contribution in [0, 0.1) is 0 Å². The zero-order valence-corrected chi connectivity index (χ0v) is 19.3. The molecular formula is C28H31N3O. The second-order valence-electron chi connectivity index (χ2n) is 8.79. The summed E-state index contributed by atoms with van der Waals surface area (Å²) in [6.07, 6.45) is 0. The summed E-state index contributed by atoms with van der Waals surface area (Å²) in [5.41, 5.74) is 4.22. The van der Waals surface area contributed by atoms with Crippen LogP contribution in [0.15, 0.2) is 84.9 Å². The van der Waals surface area contributed by atoms with Crippen molar-refractivity contribution < 1.29 is 4.79 Å². The van der Waals surface area contributed by atoms with Gasteiger partial charge in [0.25, 0.3) is 0 Å². The third-order valence-corrected chi connectivity index (χ3v) is 5.90. The molecule has 0 aliphatic rings. The van der Waals surface area contributed by atoms with E-state index in [0.29, 0.717) is 0 Å². The van der Waals surface area contributed by atoms with Gasteiger partial charge in [-0.3, -0.25) is 4.79 Å². The molecule has 32 heavy (non-hydrogen) atoms. The monoisotopic (exact) mass is 425 g/mol. The summed E-state index contributed by atoms with van der Waals surface area (Å²) in [4.78, 5) is 20.5. The normalized spacial score (nSPS) is 11.6. The summed E-state index contributed by atoms with van der Waals surface area (Å²) in [5, 5.41) is 0. The summed E-state index contributed by atoms with van der Waals surface area (Å²) in [6, 6.07) is 29.2. The van der Waals surface area contributed by atoms with Gasteiger partial charge in [-0.15, -0.1) is 0 Å². The minimum Gasteiger partial charge on any atom is -0.336 e. The smallest absolute Gasteiger partial charge is 0.243 e. The number of imidazole rings is 1. The van der Waals surface area contributed by atoms with Crippen LogP contribution in [0.5, 0.6) is 0 Å². The fourth-order valence-corrected chi connectivity index (χ4v) is 4.65. The first-order valence-corrected chi connectivity index (χ1v) is 11.3. The summed E-state index contributed by atoms with van der Waals surface area (Å²) in [5.74, 6) is 0.938. The van der Waals surface area contributed by atoms with Gasteiger partial charge in [0.1, 0.15) is 12.4 Å². The van der Waals surface area contributed by atoms with Gasteiger partial charge in [-0.05, 0) is 51.0 Å². The van der Waals surface area contributed by atoms with Crippen molar-refractivity contribution in [3.05, 3.63) is 102 Å². The highest BCUT2D eigenvalue weighted by Gasteiger charge is 2.27. The second kappa shape index (κ2) is 9.39. The van der Waals surface area contributed by atoms with Crippen LogP contribution in [0.4, 0.5) is 0 Å². The Hall–Kier alpha value is -3.40. The Morgan fingerprint density at radius 1 is 0.781 bits per heavy atom. The third-order valence-electron chi connectivity index (χ3n) is 5.90. The van der Waals surface area contributed by atoms with Crippen LogP contribution in [0.3, 0.4) is 0 Å². The minimum atomic E-state index is -0.0656.